The smallest absolute Gasteiger partial charge is 0.163 e. The van der Waals surface area contributed by atoms with E-state index in [1.54, 1.807) is 7.05 Å². The Bertz CT molecular complexity index is 753. The van der Waals surface area contributed by atoms with E-state index < -0.39 is 12.1 Å². The predicted molar refractivity (Wildman–Crippen MR) is 101 cm³/mol. The van der Waals surface area contributed by atoms with Crippen molar-refractivity contribution in [3.05, 3.63) is 54.1 Å². The Labute approximate surface area is 149 Å². The van der Waals surface area contributed by atoms with E-state index in [-0.39, 0.29) is 18.0 Å². The highest BCUT2D eigenvalue weighted by Gasteiger charge is 2.25. The summed E-state index contributed by atoms with van der Waals surface area (Å²) in [6, 6.07) is 15.5. The molecule has 2 aromatic carbocycles. The summed E-state index contributed by atoms with van der Waals surface area (Å²) < 4.78 is 0. The Hall–Kier alpha value is -2.46. The SMILES string of the molecule is CC(=O)C(CC(=O)C(C)O)N(C)c1ccc(C)c(-c2ccccc2)c1. The Morgan fingerprint density at radius 1 is 1.12 bits per heavy atom. The monoisotopic (exact) mass is 339 g/mol. The molecule has 0 saturated carbocycles. The number of likely N-dealkylation sites (N-methyl/N-ethyl adjacent to an activating group) is 1. The lowest BCUT2D eigenvalue weighted by Crippen LogP contribution is -2.40. The molecule has 0 saturated heterocycles. The minimum Gasteiger partial charge on any atom is -0.386 e. The van der Waals surface area contributed by atoms with Crippen molar-refractivity contribution in [1.82, 2.24) is 0 Å². The first-order valence-electron chi connectivity index (χ1n) is 8.41. The first kappa shape index (κ1) is 18.9. The van der Waals surface area contributed by atoms with Gasteiger partial charge in [0.1, 0.15) is 6.10 Å². The van der Waals surface area contributed by atoms with Crippen LogP contribution in [0.4, 0.5) is 5.69 Å². The molecule has 0 heterocycles. The highest BCUT2D eigenvalue weighted by atomic mass is 16.3. The maximum absolute atomic E-state index is 12.1. The highest BCUT2D eigenvalue weighted by molar-refractivity contribution is 5.93. The Morgan fingerprint density at radius 2 is 1.76 bits per heavy atom. The van der Waals surface area contributed by atoms with Gasteiger partial charge in [-0.15, -0.1) is 0 Å². The fraction of sp³-hybridized carbons (Fsp3) is 0.333. The van der Waals surface area contributed by atoms with Gasteiger partial charge < -0.3 is 10.0 Å². The molecule has 2 rings (SSSR count). The molecule has 2 aromatic rings. The average molecular weight is 339 g/mol. The molecule has 0 aliphatic carbocycles. The molecule has 132 valence electrons. The van der Waals surface area contributed by atoms with Crippen molar-refractivity contribution >= 4 is 17.3 Å². The largest absolute Gasteiger partial charge is 0.386 e. The van der Waals surface area contributed by atoms with Crippen LogP contribution in [0.5, 0.6) is 0 Å². The third-order valence-electron chi connectivity index (χ3n) is 4.51. The number of anilines is 1. The van der Waals surface area contributed by atoms with Crippen molar-refractivity contribution in [2.24, 2.45) is 0 Å². The first-order valence-corrected chi connectivity index (χ1v) is 8.41. The number of hydrogen-bond donors (Lipinski definition) is 1. The number of rotatable bonds is 7. The van der Waals surface area contributed by atoms with Crippen molar-refractivity contribution in [2.75, 3.05) is 11.9 Å². The van der Waals surface area contributed by atoms with E-state index in [0.29, 0.717) is 0 Å². The number of Topliss-reactive ketones (excluding diaryl/α,β-unsaturated/α-hetero) is 2. The van der Waals surface area contributed by atoms with E-state index in [1.807, 2.05) is 60.4 Å². The van der Waals surface area contributed by atoms with Crippen molar-refractivity contribution in [3.8, 4) is 11.1 Å². The summed E-state index contributed by atoms with van der Waals surface area (Å²) in [5, 5.41) is 9.45. The lowest BCUT2D eigenvalue weighted by molar-refractivity contribution is -0.129. The van der Waals surface area contributed by atoms with E-state index in [9.17, 15) is 14.7 Å². The summed E-state index contributed by atoms with van der Waals surface area (Å²) in [6.07, 6.45) is -1.06. The summed E-state index contributed by atoms with van der Waals surface area (Å²) in [7, 11) is 1.81. The molecular formula is C21H25NO3. The van der Waals surface area contributed by atoms with Crippen molar-refractivity contribution in [3.63, 3.8) is 0 Å². The number of aliphatic hydroxyl groups excluding tert-OH is 1. The number of carbonyl (C=O) groups is 2. The van der Waals surface area contributed by atoms with Crippen LogP contribution in [0.15, 0.2) is 48.5 Å². The minimum absolute atomic E-state index is 0.00194. The fourth-order valence-corrected chi connectivity index (χ4v) is 2.85. The third kappa shape index (κ3) is 4.54. The molecular weight excluding hydrogens is 314 g/mol. The zero-order valence-electron chi connectivity index (χ0n) is 15.2. The van der Waals surface area contributed by atoms with E-state index in [0.717, 1.165) is 22.4 Å². The number of ketones is 2. The summed E-state index contributed by atoms with van der Waals surface area (Å²) in [5.74, 6) is -0.430. The molecule has 4 heteroatoms. The van der Waals surface area contributed by atoms with Gasteiger partial charge in [-0.2, -0.15) is 0 Å². The second kappa shape index (κ2) is 8.08. The molecule has 25 heavy (non-hydrogen) atoms. The molecule has 2 unspecified atom stereocenters. The van der Waals surface area contributed by atoms with Crippen LogP contribution < -0.4 is 4.90 Å². The third-order valence-corrected chi connectivity index (χ3v) is 4.51. The van der Waals surface area contributed by atoms with Crippen LogP contribution >= 0.6 is 0 Å². The number of aliphatic hydroxyl groups is 1. The van der Waals surface area contributed by atoms with Gasteiger partial charge in [-0.05, 0) is 49.6 Å². The molecule has 0 fully saturated rings. The number of hydrogen-bond acceptors (Lipinski definition) is 4. The second-order valence-corrected chi connectivity index (χ2v) is 6.45. The number of benzene rings is 2. The Balaban J connectivity index is 2.36. The Morgan fingerprint density at radius 3 is 2.32 bits per heavy atom. The van der Waals surface area contributed by atoms with E-state index >= 15 is 0 Å². The molecule has 0 spiro atoms. The first-order chi connectivity index (χ1) is 11.8. The van der Waals surface area contributed by atoms with Gasteiger partial charge in [0.2, 0.25) is 0 Å². The van der Waals surface area contributed by atoms with Gasteiger partial charge in [0.25, 0.3) is 0 Å². The number of nitrogens with zero attached hydrogens (tertiary/aromatic N) is 1. The molecule has 4 nitrogen and oxygen atoms in total. The molecule has 0 bridgehead atoms. The molecule has 0 radical (unpaired) electrons. The molecule has 0 aromatic heterocycles. The van der Waals surface area contributed by atoms with Crippen LogP contribution in [0.2, 0.25) is 0 Å². The van der Waals surface area contributed by atoms with Crippen LogP contribution in [0.3, 0.4) is 0 Å². The summed E-state index contributed by atoms with van der Waals surface area (Å²) in [6.45, 7) is 4.95. The van der Waals surface area contributed by atoms with Crippen molar-refractivity contribution in [1.29, 1.82) is 0 Å². The maximum Gasteiger partial charge on any atom is 0.163 e. The number of carbonyl (C=O) groups excluding carboxylic acids is 2. The fourth-order valence-electron chi connectivity index (χ4n) is 2.85. The summed E-state index contributed by atoms with van der Waals surface area (Å²) >= 11 is 0. The van der Waals surface area contributed by atoms with Gasteiger partial charge in [-0.1, -0.05) is 36.4 Å². The van der Waals surface area contributed by atoms with E-state index in [2.05, 4.69) is 0 Å². The van der Waals surface area contributed by atoms with E-state index in [4.69, 9.17) is 0 Å². The maximum atomic E-state index is 12.1. The predicted octanol–water partition coefficient (Wildman–Crippen LogP) is 3.40. The second-order valence-electron chi connectivity index (χ2n) is 6.45. The number of aryl methyl sites for hydroxylation is 1. The highest BCUT2D eigenvalue weighted by Crippen LogP contribution is 2.29. The van der Waals surface area contributed by atoms with E-state index in [1.165, 1.54) is 13.8 Å². The van der Waals surface area contributed by atoms with Gasteiger partial charge in [-0.3, -0.25) is 9.59 Å². The van der Waals surface area contributed by atoms with Crippen LogP contribution in [-0.2, 0) is 9.59 Å². The van der Waals surface area contributed by atoms with Crippen LogP contribution in [0.1, 0.15) is 25.8 Å². The van der Waals surface area contributed by atoms with Crippen LogP contribution in [-0.4, -0.2) is 35.9 Å². The lowest BCUT2D eigenvalue weighted by Gasteiger charge is -2.29. The molecule has 0 amide bonds. The normalized spacial score (nSPS) is 13.2. The molecule has 0 aliphatic heterocycles. The van der Waals surface area contributed by atoms with Gasteiger partial charge in [-0.25, -0.2) is 0 Å². The standard InChI is InChI=1S/C21H25NO3/c1-14-10-11-18(12-19(14)17-8-6-5-7-9-17)22(4)20(15(2)23)13-21(25)16(3)24/h5-12,16,20,24H,13H2,1-4H3. The van der Waals surface area contributed by atoms with Gasteiger partial charge in [0, 0.05) is 19.2 Å². The van der Waals surface area contributed by atoms with Gasteiger partial charge >= 0.3 is 0 Å². The van der Waals surface area contributed by atoms with Crippen LogP contribution in [0, 0.1) is 6.92 Å². The Kier molecular flexibility index (Phi) is 6.10. The average Bonchev–Trinajstić information content (AvgIpc) is 2.59. The molecule has 0 aliphatic rings. The summed E-state index contributed by atoms with van der Waals surface area (Å²) in [4.78, 5) is 25.8. The van der Waals surface area contributed by atoms with Crippen molar-refractivity contribution < 1.29 is 14.7 Å². The zero-order chi connectivity index (χ0) is 18.6. The topological polar surface area (TPSA) is 57.6 Å². The molecule has 1 N–H and O–H groups in total. The minimum atomic E-state index is -1.06. The van der Waals surface area contributed by atoms with Crippen molar-refractivity contribution in [2.45, 2.75) is 39.3 Å². The van der Waals surface area contributed by atoms with Crippen LogP contribution in [0.25, 0.3) is 11.1 Å². The molecule has 2 atom stereocenters. The summed E-state index contributed by atoms with van der Waals surface area (Å²) in [5.41, 5.74) is 4.20. The lowest BCUT2D eigenvalue weighted by atomic mass is 9.98. The zero-order valence-corrected chi connectivity index (χ0v) is 15.2. The van der Waals surface area contributed by atoms with Gasteiger partial charge in [0.05, 0.1) is 6.04 Å². The quantitative estimate of drug-likeness (QED) is 0.840. The van der Waals surface area contributed by atoms with Gasteiger partial charge in [0.15, 0.2) is 11.6 Å².